The van der Waals surface area contributed by atoms with Gasteiger partial charge in [0.1, 0.15) is 5.54 Å². The Kier molecular flexibility index (Phi) is 4.04. The number of aliphatic hydroxyl groups excluding tert-OH is 1. The fourth-order valence-corrected chi connectivity index (χ4v) is 1.39. The van der Waals surface area contributed by atoms with Crippen molar-refractivity contribution in [3.63, 3.8) is 0 Å². The molecule has 1 rings (SSSR count). The number of aliphatic hydroxyl groups is 1. The first kappa shape index (κ1) is 12.7. The second kappa shape index (κ2) is 5.09. The lowest BCUT2D eigenvalue weighted by Gasteiger charge is -2.25. The Morgan fingerprint density at radius 1 is 1.44 bits per heavy atom. The maximum Gasteiger partial charge on any atom is 0.326 e. The molecule has 0 fully saturated rings. The minimum absolute atomic E-state index is 0.337. The highest BCUT2D eigenvalue weighted by atomic mass is 16.4. The van der Waals surface area contributed by atoms with E-state index >= 15 is 0 Å². The Bertz CT molecular complexity index is 349. The third kappa shape index (κ3) is 3.05. The van der Waals surface area contributed by atoms with E-state index in [1.54, 1.807) is 0 Å². The summed E-state index contributed by atoms with van der Waals surface area (Å²) in [5.74, 6) is -1.19. The monoisotopic (exact) mass is 223 g/mol. The van der Waals surface area contributed by atoms with E-state index in [2.05, 4.69) is 0 Å². The molecule has 4 N–H and O–H groups in total. The normalized spacial score (nSPS) is 16.4. The van der Waals surface area contributed by atoms with E-state index < -0.39 is 17.6 Å². The Balaban J connectivity index is 2.53. The molecular formula is C12H17NO3. The number of rotatable bonds is 5. The lowest BCUT2D eigenvalue weighted by Crippen LogP contribution is -2.54. The van der Waals surface area contributed by atoms with Crippen LogP contribution in [0, 0.1) is 0 Å². The van der Waals surface area contributed by atoms with E-state index in [1.807, 2.05) is 30.3 Å². The van der Waals surface area contributed by atoms with Gasteiger partial charge in [-0.05, 0) is 25.3 Å². The number of carboxylic acids is 1. The number of carbonyl (C=O) groups is 1. The lowest BCUT2D eigenvalue weighted by molar-refractivity contribution is -0.147. The molecule has 1 aromatic rings. The fraction of sp³-hybridized carbons (Fsp3) is 0.417. The van der Waals surface area contributed by atoms with Crippen LogP contribution in [0.1, 0.15) is 18.9 Å². The molecule has 0 aromatic heterocycles. The SMILES string of the molecule is CC(N)(C(=O)O)C(O)CCc1ccccc1. The highest BCUT2D eigenvalue weighted by Gasteiger charge is 2.35. The van der Waals surface area contributed by atoms with Crippen molar-refractivity contribution < 1.29 is 15.0 Å². The molecule has 0 saturated heterocycles. The van der Waals surface area contributed by atoms with Gasteiger partial charge in [-0.15, -0.1) is 0 Å². The predicted molar refractivity (Wildman–Crippen MR) is 61.0 cm³/mol. The van der Waals surface area contributed by atoms with Gasteiger partial charge in [-0.1, -0.05) is 30.3 Å². The molecule has 0 spiro atoms. The zero-order valence-corrected chi connectivity index (χ0v) is 9.26. The standard InChI is InChI=1S/C12H17NO3/c1-12(13,11(15)16)10(14)8-7-9-5-3-2-4-6-9/h2-6,10,14H,7-8,13H2,1H3,(H,15,16). The summed E-state index contributed by atoms with van der Waals surface area (Å²) >= 11 is 0. The summed E-state index contributed by atoms with van der Waals surface area (Å²) in [7, 11) is 0. The summed E-state index contributed by atoms with van der Waals surface area (Å²) in [6.45, 7) is 1.32. The van der Waals surface area contributed by atoms with Gasteiger partial charge in [0, 0.05) is 0 Å². The number of aryl methyl sites for hydroxylation is 1. The van der Waals surface area contributed by atoms with Crippen molar-refractivity contribution in [2.24, 2.45) is 5.73 Å². The van der Waals surface area contributed by atoms with Gasteiger partial charge in [0.25, 0.3) is 0 Å². The van der Waals surface area contributed by atoms with Crippen molar-refractivity contribution in [3.8, 4) is 0 Å². The van der Waals surface area contributed by atoms with Crippen molar-refractivity contribution in [3.05, 3.63) is 35.9 Å². The minimum Gasteiger partial charge on any atom is -0.480 e. The molecule has 1 aromatic carbocycles. The van der Waals surface area contributed by atoms with Crippen LogP contribution in [0.25, 0.3) is 0 Å². The number of aliphatic carboxylic acids is 1. The third-order valence-electron chi connectivity index (χ3n) is 2.70. The Morgan fingerprint density at radius 2 is 2.00 bits per heavy atom. The summed E-state index contributed by atoms with van der Waals surface area (Å²) in [4.78, 5) is 10.8. The largest absolute Gasteiger partial charge is 0.480 e. The highest BCUT2D eigenvalue weighted by Crippen LogP contribution is 2.13. The number of carboxylic acid groups (broad SMARTS) is 1. The maximum atomic E-state index is 10.8. The summed E-state index contributed by atoms with van der Waals surface area (Å²) in [5, 5.41) is 18.5. The first-order chi connectivity index (χ1) is 7.44. The zero-order chi connectivity index (χ0) is 12.2. The van der Waals surface area contributed by atoms with E-state index in [1.165, 1.54) is 6.92 Å². The zero-order valence-electron chi connectivity index (χ0n) is 9.26. The molecule has 0 saturated carbocycles. The van der Waals surface area contributed by atoms with Crippen LogP contribution in [0.15, 0.2) is 30.3 Å². The predicted octanol–water partition coefficient (Wildman–Crippen LogP) is 0.782. The molecule has 2 atom stereocenters. The topological polar surface area (TPSA) is 83.6 Å². The summed E-state index contributed by atoms with van der Waals surface area (Å²) in [6.07, 6.45) is -0.101. The molecule has 0 aliphatic carbocycles. The number of hydrogen-bond acceptors (Lipinski definition) is 3. The van der Waals surface area contributed by atoms with Gasteiger partial charge in [-0.2, -0.15) is 0 Å². The van der Waals surface area contributed by atoms with Crippen LogP contribution in [0.5, 0.6) is 0 Å². The van der Waals surface area contributed by atoms with Gasteiger partial charge in [0.05, 0.1) is 6.10 Å². The van der Waals surface area contributed by atoms with Gasteiger partial charge in [0.15, 0.2) is 0 Å². The molecule has 0 amide bonds. The van der Waals surface area contributed by atoms with Gasteiger partial charge >= 0.3 is 5.97 Å². The Labute approximate surface area is 94.7 Å². The molecule has 0 aliphatic heterocycles. The smallest absolute Gasteiger partial charge is 0.326 e. The summed E-state index contributed by atoms with van der Waals surface area (Å²) < 4.78 is 0. The molecule has 0 radical (unpaired) electrons. The van der Waals surface area contributed by atoms with E-state index in [-0.39, 0.29) is 0 Å². The van der Waals surface area contributed by atoms with E-state index in [0.29, 0.717) is 12.8 Å². The van der Waals surface area contributed by atoms with Gasteiger partial charge in [-0.25, -0.2) is 0 Å². The molecule has 16 heavy (non-hydrogen) atoms. The van der Waals surface area contributed by atoms with E-state index in [9.17, 15) is 9.90 Å². The van der Waals surface area contributed by atoms with Crippen molar-refractivity contribution in [2.75, 3.05) is 0 Å². The molecular weight excluding hydrogens is 206 g/mol. The second-order valence-corrected chi connectivity index (χ2v) is 4.13. The molecule has 0 heterocycles. The average molecular weight is 223 g/mol. The van der Waals surface area contributed by atoms with E-state index in [4.69, 9.17) is 10.8 Å². The molecule has 4 heteroatoms. The third-order valence-corrected chi connectivity index (χ3v) is 2.70. The second-order valence-electron chi connectivity index (χ2n) is 4.13. The molecule has 0 aliphatic rings. The van der Waals surface area contributed by atoms with Gasteiger partial charge < -0.3 is 15.9 Å². The van der Waals surface area contributed by atoms with Crippen molar-refractivity contribution >= 4 is 5.97 Å². The minimum atomic E-state index is -1.59. The Morgan fingerprint density at radius 3 is 2.50 bits per heavy atom. The van der Waals surface area contributed by atoms with Crippen LogP contribution in [0.2, 0.25) is 0 Å². The van der Waals surface area contributed by atoms with Gasteiger partial charge in [0.2, 0.25) is 0 Å². The molecule has 0 bridgehead atoms. The number of nitrogens with two attached hydrogens (primary N) is 1. The molecule has 2 unspecified atom stereocenters. The first-order valence-corrected chi connectivity index (χ1v) is 5.19. The molecule has 4 nitrogen and oxygen atoms in total. The van der Waals surface area contributed by atoms with Crippen LogP contribution in [-0.4, -0.2) is 27.8 Å². The number of hydrogen-bond donors (Lipinski definition) is 3. The fourth-order valence-electron chi connectivity index (χ4n) is 1.39. The van der Waals surface area contributed by atoms with Crippen LogP contribution in [0.3, 0.4) is 0 Å². The van der Waals surface area contributed by atoms with Crippen LogP contribution in [-0.2, 0) is 11.2 Å². The Hall–Kier alpha value is -1.39. The quantitative estimate of drug-likeness (QED) is 0.689. The average Bonchev–Trinajstić information content (AvgIpc) is 2.27. The number of benzene rings is 1. The highest BCUT2D eigenvalue weighted by molar-refractivity contribution is 5.78. The van der Waals surface area contributed by atoms with Gasteiger partial charge in [-0.3, -0.25) is 4.79 Å². The van der Waals surface area contributed by atoms with Crippen LogP contribution < -0.4 is 5.73 Å². The van der Waals surface area contributed by atoms with Crippen LogP contribution >= 0.6 is 0 Å². The first-order valence-electron chi connectivity index (χ1n) is 5.19. The van der Waals surface area contributed by atoms with E-state index in [0.717, 1.165) is 5.56 Å². The van der Waals surface area contributed by atoms with Crippen molar-refractivity contribution in [2.45, 2.75) is 31.4 Å². The summed E-state index contributed by atoms with van der Waals surface area (Å²) in [6, 6.07) is 9.58. The van der Waals surface area contributed by atoms with Crippen LogP contribution in [0.4, 0.5) is 0 Å². The lowest BCUT2D eigenvalue weighted by atomic mass is 9.91. The summed E-state index contributed by atoms with van der Waals surface area (Å²) in [5.41, 5.74) is 4.99. The molecule has 88 valence electrons. The van der Waals surface area contributed by atoms with Crippen molar-refractivity contribution in [1.29, 1.82) is 0 Å². The maximum absolute atomic E-state index is 10.8. The van der Waals surface area contributed by atoms with Crippen molar-refractivity contribution in [1.82, 2.24) is 0 Å².